The monoisotopic (exact) mass is 424 g/mol. The number of aryl methyl sites for hydroxylation is 2. The minimum Gasteiger partial charge on any atom is -0.0797 e. The summed E-state index contributed by atoms with van der Waals surface area (Å²) < 4.78 is 0. The number of rotatable bonds is 14. The molecular formula is C29H48Si. The Labute approximate surface area is 189 Å². The largest absolute Gasteiger partial charge is 0.0915 e. The Balaban J connectivity index is 2.26. The third-order valence-corrected chi connectivity index (χ3v) is 11.2. The highest BCUT2D eigenvalue weighted by Gasteiger charge is 2.37. The quantitative estimate of drug-likeness (QED) is 0.207. The third kappa shape index (κ3) is 6.97. The van der Waals surface area contributed by atoms with Crippen molar-refractivity contribution in [3.05, 3.63) is 53.1 Å². The predicted molar refractivity (Wildman–Crippen MR) is 140 cm³/mol. The molecule has 30 heavy (non-hydrogen) atoms. The molecule has 0 fully saturated rings. The number of allylic oxidation sites excluding steroid dienone is 4. The third-order valence-electron chi connectivity index (χ3n) is 7.34. The summed E-state index contributed by atoms with van der Waals surface area (Å²) in [4.78, 5) is 0. The van der Waals surface area contributed by atoms with Gasteiger partial charge in [0.25, 0.3) is 0 Å². The van der Waals surface area contributed by atoms with Gasteiger partial charge in [0.05, 0.1) is 8.07 Å². The number of hydrogen-bond acceptors (Lipinski definition) is 0. The molecule has 1 aliphatic carbocycles. The summed E-state index contributed by atoms with van der Waals surface area (Å²) in [5.41, 5.74) is 5.55. The molecule has 1 aliphatic rings. The van der Waals surface area contributed by atoms with E-state index in [0.29, 0.717) is 11.5 Å². The molecule has 1 aromatic rings. The van der Waals surface area contributed by atoms with Crippen LogP contribution in [0.2, 0.25) is 18.6 Å². The van der Waals surface area contributed by atoms with Gasteiger partial charge in [0.15, 0.2) is 0 Å². The predicted octanol–water partition coefficient (Wildman–Crippen LogP) is 8.76. The van der Waals surface area contributed by atoms with Crippen LogP contribution in [-0.4, -0.2) is 8.07 Å². The van der Waals surface area contributed by atoms with Crippen molar-refractivity contribution >= 4 is 13.3 Å². The van der Waals surface area contributed by atoms with Crippen LogP contribution in [-0.2, 0) is 12.8 Å². The highest BCUT2D eigenvalue weighted by atomic mass is 28.3. The van der Waals surface area contributed by atoms with E-state index in [0.717, 1.165) is 0 Å². The van der Waals surface area contributed by atoms with Crippen molar-refractivity contribution in [2.24, 2.45) is 5.92 Å². The lowest BCUT2D eigenvalue weighted by Gasteiger charge is -2.34. The Morgan fingerprint density at radius 2 is 1.37 bits per heavy atom. The number of benzene rings is 1. The molecule has 2 atom stereocenters. The lowest BCUT2D eigenvalue weighted by Crippen LogP contribution is -2.46. The van der Waals surface area contributed by atoms with E-state index < -0.39 is 8.07 Å². The second-order valence-electron chi connectivity index (χ2n) is 10.2. The Kier molecular flexibility index (Phi) is 10.7. The topological polar surface area (TPSA) is 0 Å². The van der Waals surface area contributed by atoms with Gasteiger partial charge in [0.1, 0.15) is 0 Å². The summed E-state index contributed by atoms with van der Waals surface area (Å²) in [6.45, 7) is 14.6. The molecule has 0 aliphatic heterocycles. The summed E-state index contributed by atoms with van der Waals surface area (Å²) in [7, 11) is -1.62. The Morgan fingerprint density at radius 3 is 1.87 bits per heavy atom. The maximum atomic E-state index is 2.61. The SMILES string of the molecule is CCCCCCc1cc(CCCCCC)cc([Si](C)(C)C2C=CC=C2C(C)CC)c1. The summed E-state index contributed by atoms with van der Waals surface area (Å²) in [6, 6.07) is 7.75. The van der Waals surface area contributed by atoms with E-state index in [4.69, 9.17) is 0 Å². The molecule has 2 rings (SSSR count). The van der Waals surface area contributed by atoms with Gasteiger partial charge in [0, 0.05) is 0 Å². The fourth-order valence-corrected chi connectivity index (χ4v) is 8.25. The number of hydrogen-bond donors (Lipinski definition) is 0. The Bertz CT molecular complexity index is 664. The summed E-state index contributed by atoms with van der Waals surface area (Å²) in [5, 5.41) is 1.69. The van der Waals surface area contributed by atoms with Gasteiger partial charge < -0.3 is 0 Å². The molecule has 1 aromatic carbocycles. The molecule has 1 heteroatoms. The highest BCUT2D eigenvalue weighted by Crippen LogP contribution is 2.40. The fraction of sp³-hybridized carbons (Fsp3) is 0.655. The molecule has 0 radical (unpaired) electrons. The van der Waals surface area contributed by atoms with Crippen molar-refractivity contribution in [3.63, 3.8) is 0 Å². The maximum absolute atomic E-state index is 2.61. The van der Waals surface area contributed by atoms with E-state index in [1.54, 1.807) is 21.9 Å². The van der Waals surface area contributed by atoms with Gasteiger partial charge in [-0.15, -0.1) is 0 Å². The van der Waals surface area contributed by atoms with Gasteiger partial charge in [-0.1, -0.05) is 127 Å². The van der Waals surface area contributed by atoms with E-state index in [9.17, 15) is 0 Å². The Hall–Kier alpha value is -1.08. The lowest BCUT2D eigenvalue weighted by atomic mass is 9.97. The second-order valence-corrected chi connectivity index (χ2v) is 14.9. The van der Waals surface area contributed by atoms with Crippen LogP contribution in [0.5, 0.6) is 0 Å². The van der Waals surface area contributed by atoms with Crippen molar-refractivity contribution in [3.8, 4) is 0 Å². The van der Waals surface area contributed by atoms with Crippen LogP contribution >= 0.6 is 0 Å². The molecule has 0 aromatic heterocycles. The van der Waals surface area contributed by atoms with E-state index in [1.807, 2.05) is 0 Å². The smallest absolute Gasteiger partial charge is 0.0797 e. The minimum absolute atomic E-state index is 0.663. The first-order valence-electron chi connectivity index (χ1n) is 13.0. The molecule has 0 saturated heterocycles. The lowest BCUT2D eigenvalue weighted by molar-refractivity contribution is 0.642. The molecular weight excluding hydrogens is 376 g/mol. The van der Waals surface area contributed by atoms with Crippen molar-refractivity contribution in [1.29, 1.82) is 0 Å². The van der Waals surface area contributed by atoms with Gasteiger partial charge in [0.2, 0.25) is 0 Å². The van der Waals surface area contributed by atoms with Crippen LogP contribution in [0.4, 0.5) is 0 Å². The molecule has 0 N–H and O–H groups in total. The van der Waals surface area contributed by atoms with Gasteiger partial charge in [-0.3, -0.25) is 0 Å². The molecule has 2 unspecified atom stereocenters. The van der Waals surface area contributed by atoms with Crippen molar-refractivity contribution in [2.45, 2.75) is 117 Å². The Morgan fingerprint density at radius 1 is 0.800 bits per heavy atom. The van der Waals surface area contributed by atoms with Crippen LogP contribution in [0, 0.1) is 5.92 Å². The molecule has 0 spiro atoms. The molecule has 0 nitrogen and oxygen atoms in total. The van der Waals surface area contributed by atoms with E-state index in [2.05, 4.69) is 77.2 Å². The first-order valence-corrected chi connectivity index (χ1v) is 16.0. The molecule has 0 bridgehead atoms. The van der Waals surface area contributed by atoms with Crippen LogP contribution in [0.25, 0.3) is 0 Å². The van der Waals surface area contributed by atoms with Gasteiger partial charge in [-0.2, -0.15) is 0 Å². The normalized spacial score (nSPS) is 17.4. The van der Waals surface area contributed by atoms with E-state index >= 15 is 0 Å². The minimum atomic E-state index is -1.62. The van der Waals surface area contributed by atoms with Gasteiger partial charge >= 0.3 is 0 Å². The zero-order valence-electron chi connectivity index (χ0n) is 20.9. The maximum Gasteiger partial charge on any atom is 0.0915 e. The summed E-state index contributed by atoms with van der Waals surface area (Å²) in [6.07, 6.45) is 21.9. The molecule has 0 saturated carbocycles. The fourth-order valence-electron chi connectivity index (χ4n) is 4.97. The zero-order chi connectivity index (χ0) is 22.0. The average Bonchev–Trinajstić information content (AvgIpc) is 3.24. The standard InChI is InChI=1S/C29H48Si/c1-7-10-12-14-17-25-21-26(18-15-13-11-8-2)23-27(22-25)30(5,6)29-20-16-19-28(29)24(4)9-3/h16,19-24,29H,7-15,17-18H2,1-6H3. The van der Waals surface area contributed by atoms with Gasteiger partial charge in [-0.25, -0.2) is 0 Å². The molecule has 0 amide bonds. The molecule has 168 valence electrons. The summed E-state index contributed by atoms with van der Waals surface area (Å²) >= 11 is 0. The number of unbranched alkanes of at least 4 members (excludes halogenated alkanes) is 6. The molecule has 0 heterocycles. The van der Waals surface area contributed by atoms with Crippen LogP contribution in [0.3, 0.4) is 0 Å². The van der Waals surface area contributed by atoms with Crippen LogP contribution in [0.1, 0.15) is 96.6 Å². The van der Waals surface area contributed by atoms with Crippen LogP contribution < -0.4 is 5.19 Å². The van der Waals surface area contributed by atoms with Crippen molar-refractivity contribution in [2.75, 3.05) is 0 Å². The first-order chi connectivity index (χ1) is 14.4. The highest BCUT2D eigenvalue weighted by molar-refractivity contribution is 6.92. The average molecular weight is 425 g/mol. The van der Waals surface area contributed by atoms with Gasteiger partial charge in [-0.05, 0) is 54.7 Å². The van der Waals surface area contributed by atoms with Crippen LogP contribution in [0.15, 0.2) is 42.0 Å². The second kappa shape index (κ2) is 12.7. The van der Waals surface area contributed by atoms with E-state index in [-0.39, 0.29) is 0 Å². The van der Waals surface area contributed by atoms with Crippen molar-refractivity contribution < 1.29 is 0 Å². The first kappa shape index (κ1) is 25.2. The van der Waals surface area contributed by atoms with Crippen molar-refractivity contribution in [1.82, 2.24) is 0 Å². The zero-order valence-corrected chi connectivity index (χ0v) is 21.9. The van der Waals surface area contributed by atoms with E-state index in [1.165, 1.54) is 70.6 Å². The summed E-state index contributed by atoms with van der Waals surface area (Å²) in [5.74, 6) is 0.697.